The van der Waals surface area contributed by atoms with Crippen LogP contribution in [0.15, 0.2) is 0 Å². The van der Waals surface area contributed by atoms with E-state index >= 15 is 4.79 Å². The van der Waals surface area contributed by atoms with E-state index in [1.165, 1.54) is 41.7 Å². The van der Waals surface area contributed by atoms with Gasteiger partial charge in [-0.1, -0.05) is 102 Å². The van der Waals surface area contributed by atoms with Crippen LogP contribution in [0.5, 0.6) is 0 Å². The molecule has 5 heterocycles. The van der Waals surface area contributed by atoms with Crippen LogP contribution in [0.2, 0.25) is 0 Å². The molecule has 15 unspecified atom stereocenters. The van der Waals surface area contributed by atoms with E-state index in [9.17, 15) is 62.3 Å². The normalized spacial score (nSPS) is 27.4. The van der Waals surface area contributed by atoms with Gasteiger partial charge in [-0.3, -0.25) is 62.3 Å². The van der Waals surface area contributed by atoms with Crippen molar-refractivity contribution in [3.05, 3.63) is 0 Å². The van der Waals surface area contributed by atoms with E-state index in [2.05, 4.69) is 110 Å². The zero-order chi connectivity index (χ0) is 99.6. The third-order valence-electron chi connectivity index (χ3n) is 28.7. The molecule has 5 rings (SSSR count). The lowest BCUT2D eigenvalue weighted by atomic mass is 9.79. The Hall–Kier alpha value is -7.18. The van der Waals surface area contributed by atoms with Crippen LogP contribution in [0.4, 0.5) is 0 Å². The highest BCUT2D eigenvalue weighted by molar-refractivity contribution is 5.92. The highest BCUT2D eigenvalue weighted by atomic mass is 16.7. The van der Waals surface area contributed by atoms with Gasteiger partial charge in [0.15, 0.2) is 30.9 Å². The van der Waals surface area contributed by atoms with Crippen LogP contribution in [0.3, 0.4) is 0 Å². The van der Waals surface area contributed by atoms with Gasteiger partial charge in [-0.2, -0.15) is 0 Å². The Morgan fingerprint density at radius 2 is 0.696 bits per heavy atom. The second kappa shape index (κ2) is 64.9. The van der Waals surface area contributed by atoms with Crippen molar-refractivity contribution < 1.29 is 133 Å². The first-order valence-electron chi connectivity index (χ1n) is 50.8. The van der Waals surface area contributed by atoms with Gasteiger partial charge in [0, 0.05) is 181 Å². The van der Waals surface area contributed by atoms with E-state index in [1.807, 2.05) is 0 Å². The Bertz CT molecular complexity index is 3590. The largest absolute Gasteiger partial charge is 0.463 e. The van der Waals surface area contributed by atoms with Crippen LogP contribution in [0.25, 0.3) is 0 Å². The molecule has 5 N–H and O–H groups in total. The van der Waals surface area contributed by atoms with Crippen molar-refractivity contribution in [2.24, 2.45) is 82.9 Å². The fourth-order valence-electron chi connectivity index (χ4n) is 18.4. The van der Waals surface area contributed by atoms with Crippen molar-refractivity contribution >= 4 is 82.6 Å². The number of hydrogen-bond acceptors (Lipinski definition) is 28. The van der Waals surface area contributed by atoms with Gasteiger partial charge in [0.2, 0.25) is 35.4 Å². The number of rotatable bonds is 67. The number of hydrogen-bond donors (Lipinski definition) is 5. The predicted octanol–water partition coefficient (Wildman–Crippen LogP) is 12.2. The summed E-state index contributed by atoms with van der Waals surface area (Å²) in [6, 6.07) is -1.31. The Morgan fingerprint density at radius 1 is 0.348 bits per heavy atom. The number of esters is 5. The number of carbonyl (C=O) groups excluding carboxylic acids is 14. The van der Waals surface area contributed by atoms with Gasteiger partial charge in [-0.15, -0.1) is 0 Å². The minimum atomic E-state index is -1.00. The second-order valence-corrected chi connectivity index (χ2v) is 39.2. The van der Waals surface area contributed by atoms with Crippen LogP contribution in [0, 0.1) is 82.9 Å². The number of Topliss-reactive ketones (excluding diaryl/α,β-unsaturated/α-hetero) is 3. The summed E-state index contributed by atoms with van der Waals surface area (Å²) in [5.74, 6) is -3.89. The van der Waals surface area contributed by atoms with Crippen molar-refractivity contribution in [3.63, 3.8) is 0 Å². The summed E-state index contributed by atoms with van der Waals surface area (Å²) >= 11 is 0. The number of carbonyl (C=O) groups is 14. The Kier molecular flexibility index (Phi) is 56.9. The van der Waals surface area contributed by atoms with Crippen molar-refractivity contribution in [2.45, 2.75) is 378 Å². The molecular formula is C101H172N6O28. The van der Waals surface area contributed by atoms with Crippen molar-refractivity contribution in [2.75, 3.05) is 99.3 Å². The molecule has 0 aromatic heterocycles. The first-order chi connectivity index (χ1) is 64.3. The molecule has 0 aromatic rings. The van der Waals surface area contributed by atoms with Crippen LogP contribution in [-0.2, 0) is 133 Å². The summed E-state index contributed by atoms with van der Waals surface area (Å²) in [6.45, 7) is 35.3. The van der Waals surface area contributed by atoms with E-state index in [0.29, 0.717) is 155 Å². The maximum absolute atomic E-state index is 15.0. The lowest BCUT2D eigenvalue weighted by molar-refractivity contribution is -0.255. The minimum Gasteiger partial charge on any atom is -0.463 e. The molecule has 0 aliphatic carbocycles. The summed E-state index contributed by atoms with van der Waals surface area (Å²) in [6.07, 6.45) is 6.69. The third-order valence-corrected chi connectivity index (χ3v) is 28.7. The fourth-order valence-corrected chi connectivity index (χ4v) is 18.4. The maximum Gasteiger partial charge on any atom is 0.306 e. The Morgan fingerprint density at radius 3 is 1.07 bits per heavy atom. The van der Waals surface area contributed by atoms with Crippen LogP contribution in [0.1, 0.15) is 310 Å². The molecule has 5 fully saturated rings. The minimum absolute atomic E-state index is 0.0164. The molecule has 0 bridgehead atoms. The topological polar surface area (TPSA) is 432 Å². The molecule has 0 saturated carbocycles. The van der Waals surface area contributed by atoms with Gasteiger partial charge in [0.1, 0.15) is 44.1 Å². The molecule has 135 heavy (non-hydrogen) atoms. The predicted molar refractivity (Wildman–Crippen MR) is 502 cm³/mol. The summed E-state index contributed by atoms with van der Waals surface area (Å²) in [5.41, 5.74) is 0. The van der Waals surface area contributed by atoms with Gasteiger partial charge in [0.05, 0.1) is 56.1 Å². The molecule has 5 aliphatic rings. The average Bonchev–Trinajstić information content (AvgIpc) is 1.78. The number of unbranched alkanes of at least 4 members (excludes halogenated alkanes) is 9. The van der Waals surface area contributed by atoms with E-state index in [1.54, 1.807) is 4.90 Å². The van der Waals surface area contributed by atoms with Crippen LogP contribution in [-0.4, -0.2) is 255 Å². The van der Waals surface area contributed by atoms with Crippen LogP contribution < -0.4 is 26.6 Å². The summed E-state index contributed by atoms with van der Waals surface area (Å²) < 4.78 is 82.2. The number of amides is 6. The molecule has 5 saturated heterocycles. The van der Waals surface area contributed by atoms with Crippen molar-refractivity contribution in [1.29, 1.82) is 0 Å². The van der Waals surface area contributed by atoms with E-state index in [0.717, 1.165) is 0 Å². The highest BCUT2D eigenvalue weighted by Gasteiger charge is 2.45. The molecule has 25 atom stereocenters. The molecule has 774 valence electrons. The lowest BCUT2D eigenvalue weighted by Gasteiger charge is -2.43. The van der Waals surface area contributed by atoms with Crippen LogP contribution >= 0.6 is 0 Å². The molecule has 6 amide bonds. The summed E-state index contributed by atoms with van der Waals surface area (Å²) in [4.78, 5) is 185. The maximum atomic E-state index is 15.0. The molecular weight excluding hydrogens is 1750 g/mol. The fraction of sp³-hybridized carbons (Fsp3) is 0.861. The number of ether oxygens (including phenoxy) is 14. The summed E-state index contributed by atoms with van der Waals surface area (Å²) in [5, 5.41) is 15.1. The SMILES string of the molecule is COC[C@@H]1C[C@@H](OC(=O)CCC(C)=O)CN1C(=O)CCCCCNC(=O)C(CCCCNC(=O)C(CCCCNC(=O)CCCCO[C@@H]1OC(COC(C)=O)C(C)[C@H](C)C1C)CC(=O)CCCCO[C@@H]1OC(COC(C)=O)C(C)[C@H](C)C1C)CC(=O)C(CCCCNC(=O)CCCCO[C@@H]1OC(COC(C)=O)C(C)[C@H](C)C1C)NC(=O)CCCCO[C@@H]1OC(COC(C)=O)C(C)[C@H](C)C1C. The number of nitrogens with one attached hydrogen (secondary N) is 5. The molecule has 5 aliphatic heterocycles. The number of likely N-dealkylation sites (tertiary alicyclic amines) is 1. The van der Waals surface area contributed by atoms with Gasteiger partial charge < -0.3 is 103 Å². The van der Waals surface area contributed by atoms with Crippen molar-refractivity contribution in [1.82, 2.24) is 31.5 Å². The van der Waals surface area contributed by atoms with Crippen molar-refractivity contribution in [3.8, 4) is 0 Å². The van der Waals surface area contributed by atoms with E-state index in [4.69, 9.17) is 66.3 Å². The van der Waals surface area contributed by atoms with Gasteiger partial charge in [-0.25, -0.2) is 0 Å². The second-order valence-electron chi connectivity index (χ2n) is 39.2. The van der Waals surface area contributed by atoms with Gasteiger partial charge >= 0.3 is 29.8 Å². The molecule has 34 heteroatoms. The molecule has 34 nitrogen and oxygen atoms in total. The number of nitrogens with zero attached hydrogens (tertiary/aromatic N) is 1. The van der Waals surface area contributed by atoms with Gasteiger partial charge in [0.25, 0.3) is 0 Å². The number of ketones is 3. The van der Waals surface area contributed by atoms with E-state index in [-0.39, 0.29) is 296 Å². The standard InChI is InChI=1S/C101H172N6O28/c1-63(108)44-45-95(119)131-84-56-82(58-122-18)107(57-84)94(118)43-20-19-28-48-104-97(121)81(55-86(114)85(106-93(117)42-27-35-53-126-101-75(13)67(5)71(9)90(135-101)62-130-79(17)112)39-23-31-47-103-92(116)41-26-34-52-125-100-74(12)66(4)70(8)89(134-100)61-129-78(16)111)37-22-30-49-105-96(120)80(54-83(113)38-24-32-50-123-98-72(10)64(2)68(6)87(132-98)59-127-76(14)109)36-21-29-46-102-91(115)40-25-33-51-124-99-73(11)65(3)69(7)88(133-99)60-128-77(15)110/h64-75,80-82,84-85,87-90,98-101H,19-62H2,1-18H3,(H,102,115)(H,103,116)(H,104,121)(H,105,120)(H,106,117)/t64-,65-,66-,67-,68?,69?,70?,71?,72?,73?,74?,75?,80?,81?,82-,84+,85?,87?,88?,89?,90?,98+,99+,100+,101+/m0/s1. The summed E-state index contributed by atoms with van der Waals surface area (Å²) in [7, 11) is 1.54. The zero-order valence-electron chi connectivity index (χ0n) is 84.9. The third kappa shape index (κ3) is 44.9. The molecule has 0 aromatic carbocycles. The smallest absolute Gasteiger partial charge is 0.306 e. The monoisotopic (exact) mass is 1920 g/mol. The Labute approximate surface area is 804 Å². The zero-order valence-corrected chi connectivity index (χ0v) is 84.9. The van der Waals surface area contributed by atoms with Gasteiger partial charge in [-0.05, 0) is 163 Å². The highest BCUT2D eigenvalue weighted by Crippen LogP contribution is 2.40. The Balaban J connectivity index is 1.26. The first kappa shape index (κ1) is 118. The number of methoxy groups -OCH3 is 1. The quantitative estimate of drug-likeness (QED) is 0.0214. The van der Waals surface area contributed by atoms with E-state index < -0.39 is 67.0 Å². The molecule has 0 radical (unpaired) electrons. The molecule has 0 spiro atoms. The lowest BCUT2D eigenvalue weighted by Crippen LogP contribution is -2.47. The average molecular weight is 1920 g/mol. The first-order valence-corrected chi connectivity index (χ1v) is 50.8.